The molecule has 16 heavy (non-hydrogen) atoms. The van der Waals surface area contributed by atoms with Crippen LogP contribution in [-0.2, 0) is 11.2 Å². The van der Waals surface area contributed by atoms with Crippen molar-refractivity contribution < 1.29 is 9.13 Å². The highest BCUT2D eigenvalue weighted by molar-refractivity contribution is 9.10. The summed E-state index contributed by atoms with van der Waals surface area (Å²) in [5.74, 6) is -0.117. The van der Waals surface area contributed by atoms with Crippen LogP contribution in [0.5, 0.6) is 0 Å². The second kappa shape index (κ2) is 3.52. The number of nitrogens with one attached hydrogen (secondary N) is 1. The topological polar surface area (TPSA) is 21.3 Å². The van der Waals surface area contributed by atoms with Gasteiger partial charge in [-0.25, -0.2) is 4.39 Å². The Balaban J connectivity index is 1.96. The first-order chi connectivity index (χ1) is 7.57. The fourth-order valence-electron chi connectivity index (χ4n) is 2.60. The molecule has 0 spiro atoms. The van der Waals surface area contributed by atoms with Crippen molar-refractivity contribution in [3.8, 4) is 0 Å². The Bertz CT molecular complexity index is 435. The molecule has 1 N–H and O–H groups in total. The van der Waals surface area contributed by atoms with Gasteiger partial charge in [-0.2, -0.15) is 0 Å². The van der Waals surface area contributed by atoms with Crippen LogP contribution < -0.4 is 5.32 Å². The van der Waals surface area contributed by atoms with Gasteiger partial charge in [0.2, 0.25) is 0 Å². The lowest BCUT2D eigenvalue weighted by atomic mass is 10.1. The van der Waals surface area contributed by atoms with Gasteiger partial charge in [-0.05, 0) is 24.1 Å². The van der Waals surface area contributed by atoms with Gasteiger partial charge in [0.05, 0.1) is 12.1 Å². The van der Waals surface area contributed by atoms with Gasteiger partial charge in [0.1, 0.15) is 10.3 Å². The molecule has 0 aromatic heterocycles. The molecular weight excluding hydrogens is 273 g/mol. The Hall–Kier alpha value is -0.450. The molecule has 3 rings (SSSR count). The zero-order valence-corrected chi connectivity index (χ0v) is 10.6. The summed E-state index contributed by atoms with van der Waals surface area (Å²) >= 11 is 3.51. The Morgan fingerprint density at radius 1 is 1.56 bits per heavy atom. The molecule has 0 saturated carbocycles. The number of hydrogen-bond acceptors (Lipinski definition) is 2. The maximum Gasteiger partial charge on any atom is 0.132 e. The third-order valence-electron chi connectivity index (χ3n) is 3.30. The van der Waals surface area contributed by atoms with Gasteiger partial charge in [0, 0.05) is 13.0 Å². The van der Waals surface area contributed by atoms with E-state index in [0.29, 0.717) is 6.42 Å². The van der Waals surface area contributed by atoms with Crippen LogP contribution in [0.25, 0.3) is 0 Å². The number of halogens is 2. The molecule has 1 aromatic carbocycles. The molecule has 1 aromatic rings. The maximum absolute atomic E-state index is 13.6. The van der Waals surface area contributed by atoms with E-state index in [2.05, 4.69) is 21.2 Å². The van der Waals surface area contributed by atoms with E-state index in [1.165, 1.54) is 6.07 Å². The minimum atomic E-state index is -0.341. The molecule has 1 aliphatic carbocycles. The fourth-order valence-corrected chi connectivity index (χ4v) is 3.00. The zero-order valence-electron chi connectivity index (χ0n) is 8.97. The number of morpholine rings is 1. The normalized spacial score (nSPS) is 36.9. The summed E-state index contributed by atoms with van der Waals surface area (Å²) in [5.41, 5.74) is 1.85. The van der Waals surface area contributed by atoms with Crippen LogP contribution in [0.15, 0.2) is 18.2 Å². The van der Waals surface area contributed by atoms with Gasteiger partial charge < -0.3 is 10.1 Å². The molecule has 1 aliphatic heterocycles. The highest BCUT2D eigenvalue weighted by atomic mass is 79.9. The molecule has 1 fully saturated rings. The number of alkyl halides is 1. The molecule has 0 bridgehead atoms. The van der Waals surface area contributed by atoms with Crippen molar-refractivity contribution in [3.63, 3.8) is 0 Å². The van der Waals surface area contributed by atoms with Gasteiger partial charge in [0.25, 0.3) is 0 Å². The van der Waals surface area contributed by atoms with Crippen molar-refractivity contribution in [1.82, 2.24) is 5.32 Å². The quantitative estimate of drug-likeness (QED) is 0.740. The summed E-state index contributed by atoms with van der Waals surface area (Å²) in [6.07, 6.45) is 0.686. The molecule has 1 heterocycles. The third kappa shape index (κ3) is 1.60. The van der Waals surface area contributed by atoms with E-state index in [4.69, 9.17) is 4.74 Å². The van der Waals surface area contributed by atoms with Crippen LogP contribution in [0, 0.1) is 5.82 Å². The van der Waals surface area contributed by atoms with Crippen LogP contribution in [0.2, 0.25) is 0 Å². The van der Waals surface area contributed by atoms with E-state index in [1.807, 2.05) is 13.0 Å². The van der Waals surface area contributed by atoms with Gasteiger partial charge in [-0.1, -0.05) is 28.1 Å². The number of fused-ring (bicyclic) bond motifs is 3. The van der Waals surface area contributed by atoms with E-state index in [1.54, 1.807) is 6.07 Å². The average Bonchev–Trinajstić information content (AvgIpc) is 2.55. The highest BCUT2D eigenvalue weighted by Gasteiger charge is 2.42. The number of benzene rings is 1. The molecule has 4 heteroatoms. The van der Waals surface area contributed by atoms with Crippen molar-refractivity contribution in [3.05, 3.63) is 35.1 Å². The van der Waals surface area contributed by atoms with E-state index in [9.17, 15) is 4.39 Å². The largest absolute Gasteiger partial charge is 0.357 e. The molecule has 0 radical (unpaired) electrons. The van der Waals surface area contributed by atoms with Crippen LogP contribution >= 0.6 is 15.9 Å². The predicted octanol–water partition coefficient (Wildman–Crippen LogP) is 2.52. The number of ether oxygens (including phenoxy) is 1. The lowest BCUT2D eigenvalue weighted by Crippen LogP contribution is -2.49. The molecule has 3 unspecified atom stereocenters. The standard InChI is InChI=1S/C12H13BrFNO/c1-12(13)6-15-11-7-3-2-4-9(14)8(7)5-10(11)16-12/h2-4,10-11,15H,5-6H2,1H3. The highest BCUT2D eigenvalue weighted by Crippen LogP contribution is 2.40. The van der Waals surface area contributed by atoms with Gasteiger partial charge in [-0.15, -0.1) is 0 Å². The zero-order chi connectivity index (χ0) is 11.3. The lowest BCUT2D eigenvalue weighted by molar-refractivity contribution is -0.0634. The minimum absolute atomic E-state index is 0.0324. The fraction of sp³-hybridized carbons (Fsp3) is 0.500. The predicted molar refractivity (Wildman–Crippen MR) is 63.1 cm³/mol. The van der Waals surface area contributed by atoms with Gasteiger partial charge in [-0.3, -0.25) is 0 Å². The SMILES string of the molecule is CC1(Br)CNC2c3cccc(F)c3CC2O1. The average molecular weight is 286 g/mol. The Kier molecular flexibility index (Phi) is 2.35. The van der Waals surface area contributed by atoms with Crippen LogP contribution in [0.1, 0.15) is 24.1 Å². The molecule has 2 nitrogen and oxygen atoms in total. The summed E-state index contributed by atoms with van der Waals surface area (Å²) < 4.78 is 19.2. The van der Waals surface area contributed by atoms with Crippen molar-refractivity contribution >= 4 is 15.9 Å². The Morgan fingerprint density at radius 3 is 3.19 bits per heavy atom. The monoisotopic (exact) mass is 285 g/mol. The lowest BCUT2D eigenvalue weighted by Gasteiger charge is -2.37. The molecule has 1 saturated heterocycles. The summed E-state index contributed by atoms with van der Waals surface area (Å²) in [6, 6.07) is 5.40. The minimum Gasteiger partial charge on any atom is -0.357 e. The van der Waals surface area contributed by atoms with E-state index < -0.39 is 0 Å². The number of hydrogen-bond donors (Lipinski definition) is 1. The molecule has 0 amide bonds. The second-order valence-corrected chi connectivity index (χ2v) is 6.31. The summed E-state index contributed by atoms with van der Waals surface area (Å²) in [4.78, 5) is 0. The van der Waals surface area contributed by atoms with Crippen LogP contribution in [-0.4, -0.2) is 17.2 Å². The molecule has 86 valence electrons. The third-order valence-corrected chi connectivity index (χ3v) is 3.77. The molecular formula is C12H13BrFNO. The van der Waals surface area contributed by atoms with Crippen molar-refractivity contribution in [2.24, 2.45) is 0 Å². The molecule has 3 atom stereocenters. The van der Waals surface area contributed by atoms with Crippen molar-refractivity contribution in [1.29, 1.82) is 0 Å². The Labute approximate surface area is 102 Å². The van der Waals surface area contributed by atoms with Crippen LogP contribution in [0.4, 0.5) is 4.39 Å². The summed E-state index contributed by atoms with van der Waals surface area (Å²) in [6.45, 7) is 2.71. The first kappa shape index (κ1) is 10.7. The first-order valence-corrected chi connectivity index (χ1v) is 6.23. The Morgan fingerprint density at radius 2 is 2.38 bits per heavy atom. The van der Waals surface area contributed by atoms with E-state index in [0.717, 1.165) is 17.7 Å². The van der Waals surface area contributed by atoms with Crippen molar-refractivity contribution in [2.75, 3.05) is 6.54 Å². The first-order valence-electron chi connectivity index (χ1n) is 5.44. The van der Waals surface area contributed by atoms with Crippen molar-refractivity contribution in [2.45, 2.75) is 30.0 Å². The van der Waals surface area contributed by atoms with Crippen LogP contribution in [0.3, 0.4) is 0 Å². The molecule has 2 aliphatic rings. The maximum atomic E-state index is 13.6. The smallest absolute Gasteiger partial charge is 0.132 e. The summed E-state index contributed by atoms with van der Waals surface area (Å²) in [5, 5.41) is 3.42. The van der Waals surface area contributed by atoms with Gasteiger partial charge in [0.15, 0.2) is 0 Å². The summed E-state index contributed by atoms with van der Waals surface area (Å²) in [7, 11) is 0. The number of rotatable bonds is 0. The van der Waals surface area contributed by atoms with E-state index >= 15 is 0 Å². The van der Waals surface area contributed by atoms with Gasteiger partial charge >= 0.3 is 0 Å². The van der Waals surface area contributed by atoms with E-state index in [-0.39, 0.29) is 22.5 Å². The second-order valence-electron chi connectivity index (χ2n) is 4.63.